The fourth-order valence-electron chi connectivity index (χ4n) is 1.90. The fraction of sp³-hybridized carbons (Fsp3) is 0.385. The number of ketones is 1. The van der Waals surface area contributed by atoms with Crippen LogP contribution in [-0.4, -0.2) is 17.8 Å². The molecule has 0 aliphatic heterocycles. The smallest absolute Gasteiger partial charge is 0.301 e. The van der Waals surface area contributed by atoms with Gasteiger partial charge in [-0.2, -0.15) is 13.2 Å². The van der Waals surface area contributed by atoms with Gasteiger partial charge in [0.25, 0.3) is 0 Å². The van der Waals surface area contributed by atoms with Crippen molar-refractivity contribution in [2.75, 3.05) is 12.1 Å². The monoisotopic (exact) mass is 285 g/mol. The van der Waals surface area contributed by atoms with Gasteiger partial charge in [0, 0.05) is 31.4 Å². The van der Waals surface area contributed by atoms with Crippen LogP contribution in [0.2, 0.25) is 0 Å². The van der Waals surface area contributed by atoms with Crippen LogP contribution in [0.25, 0.3) is 0 Å². The molecule has 20 heavy (non-hydrogen) atoms. The molecule has 1 aliphatic rings. The van der Waals surface area contributed by atoms with Crippen molar-refractivity contribution in [2.24, 2.45) is 0 Å². The number of pyridine rings is 1. The summed E-state index contributed by atoms with van der Waals surface area (Å²) in [6.07, 6.45) is -0.0517. The van der Waals surface area contributed by atoms with Gasteiger partial charge < -0.3 is 5.43 Å². The molecule has 0 atom stereocenters. The first-order valence-corrected chi connectivity index (χ1v) is 6.13. The number of anilines is 1. The standard InChI is InChI=1S/C13H14F3N3O/c1-19(18-10-3-2-4-11(20)7-10)12-6-5-9(8-17-12)13(14,15)16/h5-8,18H,2-4H2,1H3. The van der Waals surface area contributed by atoms with Gasteiger partial charge in [-0.05, 0) is 25.0 Å². The van der Waals surface area contributed by atoms with Gasteiger partial charge in [-0.3, -0.25) is 9.80 Å². The quantitative estimate of drug-likeness (QED) is 0.867. The van der Waals surface area contributed by atoms with Crippen molar-refractivity contribution in [1.82, 2.24) is 10.4 Å². The van der Waals surface area contributed by atoms with Crippen molar-refractivity contribution in [3.63, 3.8) is 0 Å². The van der Waals surface area contributed by atoms with Gasteiger partial charge in [0.2, 0.25) is 0 Å². The van der Waals surface area contributed by atoms with E-state index in [0.29, 0.717) is 12.2 Å². The molecule has 0 unspecified atom stereocenters. The molecule has 0 fully saturated rings. The molecule has 0 saturated heterocycles. The molecule has 0 bridgehead atoms. The Labute approximate surface area is 114 Å². The summed E-state index contributed by atoms with van der Waals surface area (Å²) < 4.78 is 37.3. The average Bonchev–Trinajstić information content (AvgIpc) is 2.38. The maximum atomic E-state index is 12.4. The summed E-state index contributed by atoms with van der Waals surface area (Å²) in [5.41, 5.74) is 2.90. The number of rotatable bonds is 3. The topological polar surface area (TPSA) is 45.2 Å². The van der Waals surface area contributed by atoms with Crippen LogP contribution in [0, 0.1) is 0 Å². The van der Waals surface area contributed by atoms with E-state index >= 15 is 0 Å². The molecular formula is C13H14F3N3O. The van der Waals surface area contributed by atoms with Gasteiger partial charge in [0.05, 0.1) is 5.56 Å². The summed E-state index contributed by atoms with van der Waals surface area (Å²) in [6, 6.07) is 2.25. The van der Waals surface area contributed by atoms with Crippen LogP contribution >= 0.6 is 0 Å². The molecule has 1 aromatic heterocycles. The molecule has 108 valence electrons. The van der Waals surface area contributed by atoms with Crippen LogP contribution < -0.4 is 10.4 Å². The van der Waals surface area contributed by atoms with Crippen molar-refractivity contribution in [3.05, 3.63) is 35.7 Å². The van der Waals surface area contributed by atoms with Crippen LogP contribution in [0.4, 0.5) is 19.0 Å². The minimum atomic E-state index is -4.39. The van der Waals surface area contributed by atoms with E-state index < -0.39 is 11.7 Å². The van der Waals surface area contributed by atoms with E-state index in [1.165, 1.54) is 17.2 Å². The Morgan fingerprint density at radius 1 is 1.30 bits per heavy atom. The number of carbonyl (C=O) groups is 1. The zero-order valence-corrected chi connectivity index (χ0v) is 10.9. The van der Waals surface area contributed by atoms with Crippen molar-refractivity contribution < 1.29 is 18.0 Å². The molecule has 0 saturated carbocycles. The maximum Gasteiger partial charge on any atom is 0.417 e. The molecule has 1 aromatic rings. The van der Waals surface area contributed by atoms with Crippen molar-refractivity contribution in [2.45, 2.75) is 25.4 Å². The highest BCUT2D eigenvalue weighted by Gasteiger charge is 2.30. The predicted octanol–water partition coefficient (Wildman–Crippen LogP) is 2.68. The lowest BCUT2D eigenvalue weighted by Crippen LogP contribution is -2.35. The molecule has 1 N–H and O–H groups in total. The van der Waals surface area contributed by atoms with E-state index in [9.17, 15) is 18.0 Å². The average molecular weight is 285 g/mol. The maximum absolute atomic E-state index is 12.4. The number of alkyl halides is 3. The van der Waals surface area contributed by atoms with E-state index in [1.807, 2.05) is 0 Å². The van der Waals surface area contributed by atoms with Gasteiger partial charge in [-0.1, -0.05) is 0 Å². The Hall–Kier alpha value is -2.05. The highest BCUT2D eigenvalue weighted by atomic mass is 19.4. The number of aromatic nitrogens is 1. The van der Waals surface area contributed by atoms with E-state index in [-0.39, 0.29) is 5.78 Å². The van der Waals surface area contributed by atoms with E-state index in [0.717, 1.165) is 30.8 Å². The fourth-order valence-corrected chi connectivity index (χ4v) is 1.90. The number of nitrogens with zero attached hydrogens (tertiary/aromatic N) is 2. The number of hydrogen-bond donors (Lipinski definition) is 1. The van der Waals surface area contributed by atoms with Crippen LogP contribution in [-0.2, 0) is 11.0 Å². The third kappa shape index (κ3) is 3.49. The third-order valence-electron chi connectivity index (χ3n) is 2.93. The van der Waals surface area contributed by atoms with Gasteiger partial charge in [0.1, 0.15) is 5.82 Å². The third-order valence-corrected chi connectivity index (χ3v) is 2.93. The summed E-state index contributed by atoms with van der Waals surface area (Å²) in [6.45, 7) is 0. The lowest BCUT2D eigenvalue weighted by molar-refractivity contribution is -0.137. The number of carbonyl (C=O) groups excluding carboxylic acids is 1. The normalized spacial score (nSPS) is 15.8. The van der Waals surface area contributed by atoms with Crippen molar-refractivity contribution in [1.29, 1.82) is 0 Å². The number of hydrazine groups is 1. The first-order valence-electron chi connectivity index (χ1n) is 6.13. The lowest BCUT2D eigenvalue weighted by atomic mass is 10.0. The van der Waals surface area contributed by atoms with Crippen LogP contribution in [0.15, 0.2) is 30.1 Å². The molecule has 4 nitrogen and oxygen atoms in total. The summed E-state index contributed by atoms with van der Waals surface area (Å²) in [5.74, 6) is 0.393. The largest absolute Gasteiger partial charge is 0.417 e. The second-order valence-electron chi connectivity index (χ2n) is 4.56. The second kappa shape index (κ2) is 5.52. The molecule has 7 heteroatoms. The van der Waals surface area contributed by atoms with Crippen LogP contribution in [0.5, 0.6) is 0 Å². The van der Waals surface area contributed by atoms with Gasteiger partial charge >= 0.3 is 6.18 Å². The predicted molar refractivity (Wildman–Crippen MR) is 67.7 cm³/mol. The van der Waals surface area contributed by atoms with Gasteiger partial charge in [0.15, 0.2) is 5.78 Å². The minimum absolute atomic E-state index is 0.0486. The lowest BCUT2D eigenvalue weighted by Gasteiger charge is -2.24. The van der Waals surface area contributed by atoms with E-state index in [1.54, 1.807) is 7.05 Å². The molecule has 1 heterocycles. The highest BCUT2D eigenvalue weighted by Crippen LogP contribution is 2.29. The summed E-state index contributed by atoms with van der Waals surface area (Å²) in [7, 11) is 1.63. The van der Waals surface area contributed by atoms with Crippen molar-refractivity contribution in [3.8, 4) is 0 Å². The molecular weight excluding hydrogens is 271 g/mol. The summed E-state index contributed by atoms with van der Waals surface area (Å²) in [4.78, 5) is 15.0. The number of halogens is 3. The minimum Gasteiger partial charge on any atom is -0.301 e. The second-order valence-corrected chi connectivity index (χ2v) is 4.56. The van der Waals surface area contributed by atoms with Crippen LogP contribution in [0.3, 0.4) is 0 Å². The Bertz CT molecular complexity index is 523. The highest BCUT2D eigenvalue weighted by molar-refractivity contribution is 5.91. The van der Waals surface area contributed by atoms with Crippen LogP contribution in [0.1, 0.15) is 24.8 Å². The van der Waals surface area contributed by atoms with Crippen molar-refractivity contribution >= 4 is 11.6 Å². The first-order chi connectivity index (χ1) is 9.36. The van der Waals surface area contributed by atoms with Gasteiger partial charge in [-0.25, -0.2) is 4.98 Å². The van der Waals surface area contributed by atoms with Gasteiger partial charge in [-0.15, -0.1) is 0 Å². The molecule has 0 amide bonds. The SMILES string of the molecule is CN(NC1=CC(=O)CCC1)c1ccc(C(F)(F)F)cn1. The first kappa shape index (κ1) is 14.4. The Morgan fingerprint density at radius 3 is 2.60 bits per heavy atom. The zero-order chi connectivity index (χ0) is 14.8. The Kier molecular flexibility index (Phi) is 3.96. The molecule has 0 spiro atoms. The molecule has 2 rings (SSSR count). The number of hydrogen-bond acceptors (Lipinski definition) is 4. The molecule has 0 radical (unpaired) electrons. The zero-order valence-electron chi connectivity index (χ0n) is 10.9. The van der Waals surface area contributed by atoms with E-state index in [2.05, 4.69) is 10.4 Å². The van der Waals surface area contributed by atoms with E-state index in [4.69, 9.17) is 0 Å². The molecule has 1 aliphatic carbocycles. The summed E-state index contributed by atoms with van der Waals surface area (Å²) >= 11 is 0. The Morgan fingerprint density at radius 2 is 2.05 bits per heavy atom. The molecule has 0 aromatic carbocycles. The number of allylic oxidation sites excluding steroid dienone is 2. The summed E-state index contributed by atoms with van der Waals surface area (Å²) in [5, 5.41) is 1.49. The Balaban J connectivity index is 2.06. The number of nitrogens with one attached hydrogen (secondary N) is 1.